The second-order valence-electron chi connectivity index (χ2n) is 3.21. The Labute approximate surface area is 82.3 Å². The van der Waals surface area contributed by atoms with Crippen molar-refractivity contribution in [3.8, 4) is 0 Å². The van der Waals surface area contributed by atoms with Crippen molar-refractivity contribution in [1.29, 1.82) is 0 Å². The molecule has 0 spiro atoms. The Morgan fingerprint density at radius 3 is 3.00 bits per heavy atom. The van der Waals surface area contributed by atoms with Gasteiger partial charge in [-0.1, -0.05) is 12.2 Å². The van der Waals surface area contributed by atoms with Gasteiger partial charge in [0.05, 0.1) is 11.8 Å². The molecule has 0 heterocycles. The van der Waals surface area contributed by atoms with Crippen LogP contribution in [0.2, 0.25) is 0 Å². The van der Waals surface area contributed by atoms with E-state index >= 15 is 0 Å². The quantitative estimate of drug-likeness (QED) is 0.617. The van der Waals surface area contributed by atoms with Gasteiger partial charge >= 0.3 is 0 Å². The smallest absolute Gasteiger partial charge is 0.183 e. The van der Waals surface area contributed by atoms with Crippen LogP contribution in [0.4, 0.5) is 0 Å². The number of hydrogen-bond donors (Lipinski definition) is 2. The molecule has 4 heteroatoms. The third-order valence-corrected chi connectivity index (χ3v) is 1.87. The number of ketones is 1. The normalized spacial score (nSPS) is 18.3. The second kappa shape index (κ2) is 4.72. The molecule has 4 nitrogen and oxygen atoms in total. The molecule has 0 amide bonds. The molecule has 1 aliphatic rings. The Morgan fingerprint density at radius 1 is 1.71 bits per heavy atom. The number of carbonyl (C=O) groups excluding carboxylic acids is 2. The van der Waals surface area contributed by atoms with E-state index in [2.05, 4.69) is 5.32 Å². The van der Waals surface area contributed by atoms with E-state index in [9.17, 15) is 9.59 Å². The summed E-state index contributed by atoms with van der Waals surface area (Å²) in [7, 11) is 0. The summed E-state index contributed by atoms with van der Waals surface area (Å²) in [5, 5.41) is 11.8. The topological polar surface area (TPSA) is 66.4 Å². The van der Waals surface area contributed by atoms with Gasteiger partial charge in [-0.15, -0.1) is 0 Å². The minimum Gasteiger partial charge on any atom is -0.392 e. The van der Waals surface area contributed by atoms with Gasteiger partial charge in [-0.2, -0.15) is 0 Å². The van der Waals surface area contributed by atoms with E-state index in [-0.39, 0.29) is 12.3 Å². The maximum Gasteiger partial charge on any atom is 0.183 e. The summed E-state index contributed by atoms with van der Waals surface area (Å²) >= 11 is 0. The fourth-order valence-corrected chi connectivity index (χ4v) is 1.19. The average Bonchev–Trinajstić information content (AvgIpc) is 2.15. The zero-order valence-corrected chi connectivity index (χ0v) is 7.99. The number of Topliss-reactive ketones (excluding diaryl/α,β-unsaturated/α-hetero) is 1. The Kier molecular flexibility index (Phi) is 3.59. The van der Waals surface area contributed by atoms with Gasteiger partial charge in [0.1, 0.15) is 0 Å². The maximum atomic E-state index is 11.4. The highest BCUT2D eigenvalue weighted by Gasteiger charge is 2.16. The predicted molar refractivity (Wildman–Crippen MR) is 51.5 cm³/mol. The van der Waals surface area contributed by atoms with Gasteiger partial charge in [0, 0.05) is 18.5 Å². The number of aliphatic hydroxyl groups excluding tert-OH is 1. The number of rotatable bonds is 4. The third kappa shape index (κ3) is 2.53. The lowest BCUT2D eigenvalue weighted by Crippen LogP contribution is -2.30. The molecular formula is C10H13NO3. The Balaban J connectivity index is 2.77. The van der Waals surface area contributed by atoms with Gasteiger partial charge in [0.15, 0.2) is 12.1 Å². The molecule has 1 atom stereocenters. The average molecular weight is 195 g/mol. The first kappa shape index (κ1) is 10.7. The molecular weight excluding hydrogens is 182 g/mol. The zero-order chi connectivity index (χ0) is 10.6. The summed E-state index contributed by atoms with van der Waals surface area (Å²) in [5.74, 6) is -0.116. The molecule has 0 aromatic heterocycles. The SMILES string of the molecule is CC(O)CNC1=C(C=O)C=CCC1=O. The van der Waals surface area contributed by atoms with Crippen LogP contribution in [0, 0.1) is 0 Å². The summed E-state index contributed by atoms with van der Waals surface area (Å²) in [5.41, 5.74) is 0.658. The minimum absolute atomic E-state index is 0.116. The van der Waals surface area contributed by atoms with Crippen LogP contribution in [0.1, 0.15) is 13.3 Å². The summed E-state index contributed by atoms with van der Waals surface area (Å²) in [4.78, 5) is 22.0. The summed E-state index contributed by atoms with van der Waals surface area (Å²) in [6, 6.07) is 0. The number of aliphatic hydroxyl groups is 1. The highest BCUT2D eigenvalue weighted by Crippen LogP contribution is 2.11. The predicted octanol–water partition coefficient (Wildman–Crippen LogP) is -0.0612. The van der Waals surface area contributed by atoms with Gasteiger partial charge in [-0.05, 0) is 6.92 Å². The summed E-state index contributed by atoms with van der Waals surface area (Å²) < 4.78 is 0. The van der Waals surface area contributed by atoms with Crippen LogP contribution < -0.4 is 5.32 Å². The molecule has 1 unspecified atom stereocenters. The molecule has 76 valence electrons. The van der Waals surface area contributed by atoms with Crippen LogP contribution >= 0.6 is 0 Å². The molecule has 0 saturated carbocycles. The van der Waals surface area contributed by atoms with Gasteiger partial charge in [0.25, 0.3) is 0 Å². The first-order chi connectivity index (χ1) is 6.65. The van der Waals surface area contributed by atoms with Crippen LogP contribution in [0.3, 0.4) is 0 Å². The first-order valence-electron chi connectivity index (χ1n) is 4.46. The number of allylic oxidation sites excluding steroid dienone is 4. The lowest BCUT2D eigenvalue weighted by Gasteiger charge is -2.14. The van der Waals surface area contributed by atoms with E-state index in [1.165, 1.54) is 0 Å². The first-order valence-corrected chi connectivity index (χ1v) is 4.46. The molecule has 14 heavy (non-hydrogen) atoms. The summed E-state index contributed by atoms with van der Waals surface area (Å²) in [6.45, 7) is 1.88. The van der Waals surface area contributed by atoms with Crippen molar-refractivity contribution >= 4 is 12.1 Å². The number of nitrogens with one attached hydrogen (secondary N) is 1. The monoisotopic (exact) mass is 195 g/mol. The van der Waals surface area contributed by atoms with E-state index < -0.39 is 6.10 Å². The molecule has 0 fully saturated rings. The Hall–Kier alpha value is -1.42. The van der Waals surface area contributed by atoms with Crippen LogP contribution in [0.5, 0.6) is 0 Å². The molecule has 0 aromatic carbocycles. The van der Waals surface area contributed by atoms with E-state index in [0.717, 1.165) is 0 Å². The lowest BCUT2D eigenvalue weighted by atomic mass is 10.0. The molecule has 1 aliphatic carbocycles. The number of carbonyl (C=O) groups is 2. The van der Waals surface area contributed by atoms with Crippen LogP contribution in [0.15, 0.2) is 23.4 Å². The van der Waals surface area contributed by atoms with Crippen molar-refractivity contribution in [2.75, 3.05) is 6.54 Å². The fraction of sp³-hybridized carbons (Fsp3) is 0.400. The van der Waals surface area contributed by atoms with E-state index in [4.69, 9.17) is 5.11 Å². The van der Waals surface area contributed by atoms with Gasteiger partial charge in [-0.3, -0.25) is 9.59 Å². The van der Waals surface area contributed by atoms with E-state index in [1.807, 2.05) is 0 Å². The maximum absolute atomic E-state index is 11.4. The number of hydrogen-bond acceptors (Lipinski definition) is 4. The molecule has 0 aromatic rings. The van der Waals surface area contributed by atoms with Gasteiger partial charge in [-0.25, -0.2) is 0 Å². The van der Waals surface area contributed by atoms with Crippen molar-refractivity contribution in [3.63, 3.8) is 0 Å². The van der Waals surface area contributed by atoms with Crippen molar-refractivity contribution < 1.29 is 14.7 Å². The standard InChI is InChI=1S/C10H13NO3/c1-7(13)5-11-10-8(6-12)3-2-4-9(10)14/h2-3,6-7,11,13H,4-5H2,1H3. The molecule has 2 N–H and O–H groups in total. The molecule has 0 radical (unpaired) electrons. The van der Waals surface area contributed by atoms with Crippen LogP contribution in [-0.4, -0.2) is 29.8 Å². The van der Waals surface area contributed by atoms with Crippen molar-refractivity contribution in [3.05, 3.63) is 23.4 Å². The zero-order valence-electron chi connectivity index (χ0n) is 7.99. The van der Waals surface area contributed by atoms with Crippen molar-refractivity contribution in [1.82, 2.24) is 5.32 Å². The molecule has 1 rings (SSSR count). The molecule has 0 saturated heterocycles. The fourth-order valence-electron chi connectivity index (χ4n) is 1.19. The largest absolute Gasteiger partial charge is 0.392 e. The minimum atomic E-state index is -0.547. The van der Waals surface area contributed by atoms with Gasteiger partial charge in [0.2, 0.25) is 0 Å². The van der Waals surface area contributed by atoms with Crippen LogP contribution in [-0.2, 0) is 9.59 Å². The number of aldehydes is 1. The Bertz CT molecular complexity index is 302. The van der Waals surface area contributed by atoms with E-state index in [1.54, 1.807) is 19.1 Å². The second-order valence-corrected chi connectivity index (χ2v) is 3.21. The van der Waals surface area contributed by atoms with Crippen molar-refractivity contribution in [2.24, 2.45) is 0 Å². The molecule has 0 aliphatic heterocycles. The van der Waals surface area contributed by atoms with Crippen molar-refractivity contribution in [2.45, 2.75) is 19.4 Å². The third-order valence-electron chi connectivity index (χ3n) is 1.87. The Morgan fingerprint density at radius 2 is 2.43 bits per heavy atom. The van der Waals surface area contributed by atoms with E-state index in [0.29, 0.717) is 24.0 Å². The lowest BCUT2D eigenvalue weighted by molar-refractivity contribution is -0.115. The van der Waals surface area contributed by atoms with Gasteiger partial charge < -0.3 is 10.4 Å². The summed E-state index contributed by atoms with van der Waals surface area (Å²) in [6.07, 6.45) is 3.66. The molecule has 0 bridgehead atoms. The highest BCUT2D eigenvalue weighted by atomic mass is 16.3. The highest BCUT2D eigenvalue weighted by molar-refractivity contribution is 6.03. The van der Waals surface area contributed by atoms with Crippen LogP contribution in [0.25, 0.3) is 0 Å².